The number of aliphatic hydroxyl groups is 2. The van der Waals surface area contributed by atoms with Crippen LogP contribution in [0.1, 0.15) is 25.6 Å². The Balaban J connectivity index is 2.16. The standard InChI is InChI=1S/C16H21N3O6S/c1-4-10-8-19(14-12(21)11(20)9(3)25-14)15(22)17-13(10)18-16(23)24-6-7-26-5-2/h1,8-9,11-12,14,20-21H,5-7H2,2-3H3,(H,17,18,22,23)/t9-,11?,12?,14-/m1/s1. The SMILES string of the molecule is C#Cc1cn([C@@H]2O[C@H](C)C(O)C2O)c(=O)nc1NC(=O)OCCSCC. The second-order valence-electron chi connectivity index (χ2n) is 5.51. The fourth-order valence-corrected chi connectivity index (χ4v) is 2.87. The number of amides is 1. The van der Waals surface area contributed by atoms with Crippen molar-refractivity contribution in [1.29, 1.82) is 0 Å². The smallest absolute Gasteiger partial charge is 0.412 e. The molecule has 1 aromatic heterocycles. The summed E-state index contributed by atoms with van der Waals surface area (Å²) in [6.45, 7) is 3.77. The molecular weight excluding hydrogens is 362 g/mol. The van der Waals surface area contributed by atoms with E-state index in [4.69, 9.17) is 15.9 Å². The fraction of sp³-hybridized carbons (Fsp3) is 0.562. The first-order valence-corrected chi connectivity index (χ1v) is 9.17. The first-order valence-electron chi connectivity index (χ1n) is 8.02. The number of ether oxygens (including phenoxy) is 2. The van der Waals surface area contributed by atoms with E-state index in [1.54, 1.807) is 18.7 Å². The number of hydrogen-bond acceptors (Lipinski definition) is 8. The van der Waals surface area contributed by atoms with E-state index in [2.05, 4.69) is 16.2 Å². The highest BCUT2D eigenvalue weighted by Gasteiger charge is 2.42. The third kappa shape index (κ3) is 4.56. The Morgan fingerprint density at radius 1 is 1.54 bits per heavy atom. The Kier molecular flexibility index (Phi) is 7.05. The highest BCUT2D eigenvalue weighted by atomic mass is 32.2. The average molecular weight is 383 g/mol. The molecule has 142 valence electrons. The molecule has 1 aliphatic heterocycles. The molecule has 2 heterocycles. The van der Waals surface area contributed by atoms with Gasteiger partial charge in [-0.1, -0.05) is 12.8 Å². The average Bonchev–Trinajstić information content (AvgIpc) is 2.86. The lowest BCUT2D eigenvalue weighted by atomic mass is 10.1. The fourth-order valence-electron chi connectivity index (χ4n) is 2.38. The molecule has 2 unspecified atom stereocenters. The van der Waals surface area contributed by atoms with Crippen LogP contribution in [0.3, 0.4) is 0 Å². The van der Waals surface area contributed by atoms with E-state index in [9.17, 15) is 19.8 Å². The van der Waals surface area contributed by atoms with Crippen molar-refractivity contribution in [1.82, 2.24) is 9.55 Å². The Morgan fingerprint density at radius 2 is 2.27 bits per heavy atom. The van der Waals surface area contributed by atoms with Crippen molar-refractivity contribution in [2.45, 2.75) is 38.4 Å². The van der Waals surface area contributed by atoms with Crippen molar-refractivity contribution in [3.05, 3.63) is 22.2 Å². The second-order valence-corrected chi connectivity index (χ2v) is 6.90. The van der Waals surface area contributed by atoms with Crippen molar-refractivity contribution < 1.29 is 24.5 Å². The molecule has 1 amide bonds. The first-order chi connectivity index (χ1) is 12.4. The number of carbonyl (C=O) groups excluding carboxylic acids is 1. The number of hydrogen-bond donors (Lipinski definition) is 3. The van der Waals surface area contributed by atoms with Gasteiger partial charge in [-0.25, -0.2) is 9.59 Å². The van der Waals surface area contributed by atoms with E-state index in [0.29, 0.717) is 5.75 Å². The van der Waals surface area contributed by atoms with E-state index in [0.717, 1.165) is 10.3 Å². The highest BCUT2D eigenvalue weighted by Crippen LogP contribution is 2.28. The number of thioether (sulfide) groups is 1. The summed E-state index contributed by atoms with van der Waals surface area (Å²) < 4.78 is 11.4. The van der Waals surface area contributed by atoms with E-state index < -0.39 is 36.3 Å². The molecule has 1 aromatic rings. The summed E-state index contributed by atoms with van der Waals surface area (Å²) in [7, 11) is 0. The van der Waals surface area contributed by atoms with Gasteiger partial charge in [0.15, 0.2) is 12.0 Å². The molecular formula is C16H21N3O6S. The van der Waals surface area contributed by atoms with E-state index in [-0.39, 0.29) is 18.0 Å². The number of nitrogens with one attached hydrogen (secondary N) is 1. The van der Waals surface area contributed by atoms with Gasteiger partial charge in [-0.2, -0.15) is 16.7 Å². The molecule has 4 atom stereocenters. The molecule has 9 nitrogen and oxygen atoms in total. The van der Waals surface area contributed by atoms with Crippen LogP contribution in [0.15, 0.2) is 11.0 Å². The molecule has 26 heavy (non-hydrogen) atoms. The summed E-state index contributed by atoms with van der Waals surface area (Å²) in [4.78, 5) is 27.8. The predicted octanol–water partition coefficient (Wildman–Crippen LogP) is 0.165. The zero-order chi connectivity index (χ0) is 19.3. The van der Waals surface area contributed by atoms with Crippen LogP contribution in [0.2, 0.25) is 0 Å². The van der Waals surface area contributed by atoms with Crippen molar-refractivity contribution in [3.8, 4) is 12.3 Å². The minimum absolute atomic E-state index is 0.106. The molecule has 0 aromatic carbocycles. The van der Waals surface area contributed by atoms with Crippen molar-refractivity contribution in [2.75, 3.05) is 23.4 Å². The molecule has 0 spiro atoms. The van der Waals surface area contributed by atoms with Gasteiger partial charge in [-0.15, -0.1) is 6.42 Å². The first kappa shape index (κ1) is 20.3. The summed E-state index contributed by atoms with van der Waals surface area (Å²) >= 11 is 1.62. The van der Waals surface area contributed by atoms with Crippen molar-refractivity contribution in [3.63, 3.8) is 0 Å². The van der Waals surface area contributed by atoms with Crippen LogP contribution in [-0.4, -0.2) is 62.3 Å². The number of nitrogens with zero attached hydrogens (tertiary/aromatic N) is 2. The Morgan fingerprint density at radius 3 is 2.85 bits per heavy atom. The van der Waals surface area contributed by atoms with Gasteiger partial charge in [0.1, 0.15) is 18.8 Å². The Bertz CT molecular complexity index is 746. The molecule has 3 N–H and O–H groups in total. The molecule has 0 aliphatic carbocycles. The van der Waals surface area contributed by atoms with Crippen LogP contribution in [0.25, 0.3) is 0 Å². The van der Waals surface area contributed by atoms with Gasteiger partial charge in [0.2, 0.25) is 0 Å². The van der Waals surface area contributed by atoms with Crippen LogP contribution in [0.5, 0.6) is 0 Å². The number of carbonyl (C=O) groups is 1. The Hall–Kier alpha value is -2.06. The molecule has 0 bridgehead atoms. The van der Waals surface area contributed by atoms with Gasteiger partial charge >= 0.3 is 11.8 Å². The number of rotatable bonds is 6. The van der Waals surface area contributed by atoms with Crippen LogP contribution in [0.4, 0.5) is 10.6 Å². The predicted molar refractivity (Wildman–Crippen MR) is 96.0 cm³/mol. The van der Waals surface area contributed by atoms with Crippen LogP contribution < -0.4 is 11.0 Å². The molecule has 1 saturated heterocycles. The third-order valence-electron chi connectivity index (χ3n) is 3.74. The van der Waals surface area contributed by atoms with Gasteiger partial charge in [-0.3, -0.25) is 9.88 Å². The Labute approximate surface area is 154 Å². The number of aromatic nitrogens is 2. The second kappa shape index (κ2) is 9.05. The van der Waals surface area contributed by atoms with E-state index in [1.807, 2.05) is 6.92 Å². The van der Waals surface area contributed by atoms with Gasteiger partial charge < -0.3 is 19.7 Å². The number of terminal acetylenes is 1. The number of aliphatic hydroxyl groups excluding tert-OH is 2. The summed E-state index contributed by atoms with van der Waals surface area (Å²) in [6, 6.07) is 0. The molecule has 0 saturated carbocycles. The quantitative estimate of drug-likeness (QED) is 0.469. The topological polar surface area (TPSA) is 123 Å². The lowest BCUT2D eigenvalue weighted by molar-refractivity contribution is -0.0350. The van der Waals surface area contributed by atoms with Gasteiger partial charge in [0.25, 0.3) is 0 Å². The largest absolute Gasteiger partial charge is 0.448 e. The summed E-state index contributed by atoms with van der Waals surface area (Å²) in [5.41, 5.74) is -0.694. The van der Waals surface area contributed by atoms with Crippen molar-refractivity contribution >= 4 is 23.7 Å². The summed E-state index contributed by atoms with van der Waals surface area (Å²) in [5.74, 6) is 3.75. The summed E-state index contributed by atoms with van der Waals surface area (Å²) in [5, 5.41) is 22.1. The minimum Gasteiger partial charge on any atom is -0.448 e. The van der Waals surface area contributed by atoms with Gasteiger partial charge in [0, 0.05) is 11.9 Å². The van der Waals surface area contributed by atoms with Crippen LogP contribution >= 0.6 is 11.8 Å². The zero-order valence-electron chi connectivity index (χ0n) is 14.4. The van der Waals surface area contributed by atoms with E-state index in [1.165, 1.54) is 6.20 Å². The normalized spacial score (nSPS) is 24.9. The van der Waals surface area contributed by atoms with Crippen LogP contribution in [-0.2, 0) is 9.47 Å². The maximum Gasteiger partial charge on any atom is 0.412 e. The minimum atomic E-state index is -1.31. The van der Waals surface area contributed by atoms with Crippen LogP contribution in [0, 0.1) is 12.3 Å². The van der Waals surface area contributed by atoms with Crippen molar-refractivity contribution in [2.24, 2.45) is 0 Å². The van der Waals surface area contributed by atoms with Gasteiger partial charge in [-0.05, 0) is 12.7 Å². The third-order valence-corrected chi connectivity index (χ3v) is 4.61. The molecule has 10 heteroatoms. The lowest BCUT2D eigenvalue weighted by Gasteiger charge is -2.18. The monoisotopic (exact) mass is 383 g/mol. The lowest BCUT2D eigenvalue weighted by Crippen LogP contribution is -2.36. The molecule has 0 radical (unpaired) electrons. The molecule has 2 rings (SSSR count). The maximum atomic E-state index is 12.2. The summed E-state index contributed by atoms with van der Waals surface area (Å²) in [6.07, 6.45) is 1.64. The van der Waals surface area contributed by atoms with Gasteiger partial charge in [0.05, 0.1) is 11.7 Å². The maximum absolute atomic E-state index is 12.2. The van der Waals surface area contributed by atoms with E-state index >= 15 is 0 Å². The number of anilines is 1. The zero-order valence-corrected chi connectivity index (χ0v) is 15.2. The molecule has 1 fully saturated rings. The highest BCUT2D eigenvalue weighted by molar-refractivity contribution is 7.99. The molecule has 1 aliphatic rings.